The molecule has 0 radical (unpaired) electrons. The molecule has 1 aromatic carbocycles. The Kier molecular flexibility index (Phi) is 9.66. The monoisotopic (exact) mass is 445 g/mol. The molecule has 3 N–H and O–H groups in total. The largest absolute Gasteiger partial charge is 0.393 e. The van der Waals surface area contributed by atoms with Crippen LogP contribution in [0.5, 0.6) is 0 Å². The van der Waals surface area contributed by atoms with Crippen molar-refractivity contribution in [3.8, 4) is 0 Å². The van der Waals surface area contributed by atoms with Gasteiger partial charge in [-0.2, -0.15) is 0 Å². The second-order valence-electron chi connectivity index (χ2n) is 6.67. The van der Waals surface area contributed by atoms with Crippen molar-refractivity contribution in [1.82, 2.24) is 10.6 Å². The molecule has 24 heavy (non-hydrogen) atoms. The summed E-state index contributed by atoms with van der Waals surface area (Å²) < 4.78 is 0. The van der Waals surface area contributed by atoms with Gasteiger partial charge in [0.15, 0.2) is 5.96 Å². The van der Waals surface area contributed by atoms with Crippen LogP contribution in [-0.4, -0.2) is 36.8 Å². The minimum Gasteiger partial charge on any atom is -0.393 e. The zero-order valence-corrected chi connectivity index (χ0v) is 17.4. The van der Waals surface area contributed by atoms with Crippen LogP contribution >= 0.6 is 24.0 Å². The van der Waals surface area contributed by atoms with Gasteiger partial charge >= 0.3 is 0 Å². The van der Waals surface area contributed by atoms with Crippen LogP contribution in [0.4, 0.5) is 0 Å². The summed E-state index contributed by atoms with van der Waals surface area (Å²) in [6, 6.07) is 8.68. The van der Waals surface area contributed by atoms with Crippen molar-refractivity contribution in [2.75, 3.05) is 19.6 Å². The summed E-state index contributed by atoms with van der Waals surface area (Å²) in [4.78, 5) is 4.71. The normalized spacial score (nSPS) is 21.9. The second-order valence-corrected chi connectivity index (χ2v) is 6.67. The lowest BCUT2D eigenvalue weighted by molar-refractivity contribution is 0.134. The van der Waals surface area contributed by atoms with Gasteiger partial charge in [-0.05, 0) is 32.3 Å². The SMILES string of the molecule is CCNC(=NCC(C)c1ccc(C)cc1)NCC1CCCC1O.I. The van der Waals surface area contributed by atoms with E-state index in [2.05, 4.69) is 55.7 Å². The molecule has 5 heteroatoms. The molecule has 0 aromatic heterocycles. The first-order valence-corrected chi connectivity index (χ1v) is 8.87. The fraction of sp³-hybridized carbons (Fsp3) is 0.632. The van der Waals surface area contributed by atoms with E-state index in [1.165, 1.54) is 11.1 Å². The van der Waals surface area contributed by atoms with Gasteiger partial charge in [0.2, 0.25) is 0 Å². The van der Waals surface area contributed by atoms with E-state index in [9.17, 15) is 5.11 Å². The maximum absolute atomic E-state index is 9.92. The Hall–Kier alpha value is -0.820. The summed E-state index contributed by atoms with van der Waals surface area (Å²) in [6.07, 6.45) is 3.01. The van der Waals surface area contributed by atoms with Crippen molar-refractivity contribution in [2.45, 2.75) is 52.1 Å². The van der Waals surface area contributed by atoms with E-state index in [1.807, 2.05) is 0 Å². The van der Waals surface area contributed by atoms with Crippen LogP contribution in [0.15, 0.2) is 29.3 Å². The smallest absolute Gasteiger partial charge is 0.191 e. The van der Waals surface area contributed by atoms with E-state index < -0.39 is 0 Å². The summed E-state index contributed by atoms with van der Waals surface area (Å²) in [6.45, 7) is 8.79. The third kappa shape index (κ3) is 6.59. The van der Waals surface area contributed by atoms with Crippen LogP contribution in [0.2, 0.25) is 0 Å². The molecule has 0 aliphatic heterocycles. The molecular formula is C19H32IN3O. The number of halogens is 1. The molecule has 1 aliphatic carbocycles. The van der Waals surface area contributed by atoms with E-state index in [4.69, 9.17) is 4.99 Å². The Morgan fingerprint density at radius 3 is 2.54 bits per heavy atom. The highest BCUT2D eigenvalue weighted by Crippen LogP contribution is 2.24. The molecule has 0 saturated heterocycles. The van der Waals surface area contributed by atoms with E-state index in [-0.39, 0.29) is 30.1 Å². The maximum atomic E-state index is 9.92. The predicted molar refractivity (Wildman–Crippen MR) is 112 cm³/mol. The number of nitrogens with zero attached hydrogens (tertiary/aromatic N) is 1. The van der Waals surface area contributed by atoms with E-state index in [0.717, 1.165) is 44.9 Å². The van der Waals surface area contributed by atoms with Crippen LogP contribution < -0.4 is 10.6 Å². The fourth-order valence-corrected chi connectivity index (χ4v) is 3.05. The third-order valence-corrected chi connectivity index (χ3v) is 4.66. The number of benzene rings is 1. The summed E-state index contributed by atoms with van der Waals surface area (Å²) in [5.41, 5.74) is 2.61. The predicted octanol–water partition coefficient (Wildman–Crippen LogP) is 3.43. The number of aliphatic hydroxyl groups is 1. The molecule has 0 bridgehead atoms. The summed E-state index contributed by atoms with van der Waals surface area (Å²) in [5.74, 6) is 1.60. The molecule has 1 aromatic rings. The minimum atomic E-state index is -0.156. The first kappa shape index (κ1) is 21.2. The van der Waals surface area contributed by atoms with Gasteiger partial charge in [-0.15, -0.1) is 24.0 Å². The van der Waals surface area contributed by atoms with Crippen molar-refractivity contribution in [1.29, 1.82) is 0 Å². The Morgan fingerprint density at radius 1 is 1.25 bits per heavy atom. The highest BCUT2D eigenvalue weighted by Gasteiger charge is 2.24. The van der Waals surface area contributed by atoms with Gasteiger partial charge in [0.05, 0.1) is 6.10 Å². The van der Waals surface area contributed by atoms with Crippen molar-refractivity contribution < 1.29 is 5.11 Å². The lowest BCUT2D eigenvalue weighted by Gasteiger charge is -2.18. The number of aliphatic imine (C=N–C) groups is 1. The third-order valence-electron chi connectivity index (χ3n) is 4.66. The Labute approximate surface area is 163 Å². The Bertz CT molecular complexity index is 504. The molecular weight excluding hydrogens is 413 g/mol. The molecule has 1 saturated carbocycles. The van der Waals surface area contributed by atoms with Crippen LogP contribution in [0, 0.1) is 12.8 Å². The second kappa shape index (κ2) is 10.9. The molecule has 4 nitrogen and oxygen atoms in total. The minimum absolute atomic E-state index is 0. The van der Waals surface area contributed by atoms with Crippen LogP contribution in [0.25, 0.3) is 0 Å². The van der Waals surface area contributed by atoms with Crippen LogP contribution in [0.1, 0.15) is 50.2 Å². The highest BCUT2D eigenvalue weighted by atomic mass is 127. The molecule has 136 valence electrons. The highest BCUT2D eigenvalue weighted by molar-refractivity contribution is 14.0. The number of aryl methyl sites for hydroxylation is 1. The van der Waals surface area contributed by atoms with Crippen molar-refractivity contribution in [3.63, 3.8) is 0 Å². The lowest BCUT2D eigenvalue weighted by Crippen LogP contribution is -2.41. The molecule has 0 heterocycles. The van der Waals surface area contributed by atoms with Crippen LogP contribution in [-0.2, 0) is 0 Å². The van der Waals surface area contributed by atoms with Gasteiger partial charge in [-0.25, -0.2) is 0 Å². The quantitative estimate of drug-likeness (QED) is 0.357. The zero-order valence-electron chi connectivity index (χ0n) is 15.1. The molecule has 2 rings (SSSR count). The maximum Gasteiger partial charge on any atom is 0.191 e. The first-order chi connectivity index (χ1) is 11.1. The molecule has 0 amide bonds. The van der Waals surface area contributed by atoms with Gasteiger partial charge in [-0.1, -0.05) is 43.2 Å². The molecule has 1 aliphatic rings. The number of rotatable bonds is 6. The van der Waals surface area contributed by atoms with Gasteiger partial charge in [-0.3, -0.25) is 4.99 Å². The van der Waals surface area contributed by atoms with Gasteiger partial charge in [0, 0.05) is 31.5 Å². The van der Waals surface area contributed by atoms with Gasteiger partial charge < -0.3 is 15.7 Å². The lowest BCUT2D eigenvalue weighted by atomic mass is 10.0. The Balaban J connectivity index is 0.00000288. The van der Waals surface area contributed by atoms with Crippen molar-refractivity contribution in [2.24, 2.45) is 10.9 Å². The number of hydrogen-bond acceptors (Lipinski definition) is 2. The summed E-state index contributed by atoms with van der Waals surface area (Å²) >= 11 is 0. The summed E-state index contributed by atoms with van der Waals surface area (Å²) in [5, 5.41) is 16.6. The fourth-order valence-electron chi connectivity index (χ4n) is 3.05. The molecule has 1 fully saturated rings. The number of guanidine groups is 1. The average Bonchev–Trinajstić information content (AvgIpc) is 2.95. The van der Waals surface area contributed by atoms with E-state index in [1.54, 1.807) is 0 Å². The number of hydrogen-bond donors (Lipinski definition) is 3. The van der Waals surface area contributed by atoms with Crippen molar-refractivity contribution >= 4 is 29.9 Å². The zero-order chi connectivity index (χ0) is 16.7. The molecule has 0 spiro atoms. The van der Waals surface area contributed by atoms with E-state index >= 15 is 0 Å². The van der Waals surface area contributed by atoms with Crippen LogP contribution in [0.3, 0.4) is 0 Å². The molecule has 3 atom stereocenters. The molecule has 3 unspecified atom stereocenters. The van der Waals surface area contributed by atoms with E-state index in [0.29, 0.717) is 11.8 Å². The summed E-state index contributed by atoms with van der Waals surface area (Å²) in [7, 11) is 0. The standard InChI is InChI=1S/C19H31N3O.HI/c1-4-20-19(22-13-17-6-5-7-18(17)23)21-12-15(3)16-10-8-14(2)9-11-16;/h8-11,15,17-18,23H,4-7,12-13H2,1-3H3,(H2,20,21,22);1H. The van der Waals surface area contributed by atoms with Gasteiger partial charge in [0.25, 0.3) is 0 Å². The average molecular weight is 445 g/mol. The number of nitrogens with one attached hydrogen (secondary N) is 2. The first-order valence-electron chi connectivity index (χ1n) is 8.87. The van der Waals surface area contributed by atoms with Crippen molar-refractivity contribution in [3.05, 3.63) is 35.4 Å². The Morgan fingerprint density at radius 2 is 1.96 bits per heavy atom. The topological polar surface area (TPSA) is 56.7 Å². The van der Waals surface area contributed by atoms with Gasteiger partial charge in [0.1, 0.15) is 0 Å². The number of aliphatic hydroxyl groups excluding tert-OH is 1.